The fourth-order valence-corrected chi connectivity index (χ4v) is 4.41. The van der Waals surface area contributed by atoms with Gasteiger partial charge in [-0.25, -0.2) is 9.78 Å². The first-order chi connectivity index (χ1) is 12.2. The Balaban J connectivity index is 1.64. The van der Waals surface area contributed by atoms with E-state index in [1.165, 1.54) is 6.42 Å². The minimum atomic E-state index is -0.894. The summed E-state index contributed by atoms with van der Waals surface area (Å²) in [5.74, 6) is 0.539. The van der Waals surface area contributed by atoms with Crippen LogP contribution in [0, 0.1) is 5.92 Å². The van der Waals surface area contributed by atoms with E-state index in [1.54, 1.807) is 11.1 Å². The summed E-state index contributed by atoms with van der Waals surface area (Å²) in [6, 6.07) is 2.15. The van der Waals surface area contributed by atoms with E-state index in [4.69, 9.17) is 0 Å². The molecule has 2 fully saturated rings. The van der Waals surface area contributed by atoms with Crippen LogP contribution in [-0.2, 0) is 0 Å². The summed E-state index contributed by atoms with van der Waals surface area (Å²) in [6.45, 7) is 0.647. The quantitative estimate of drug-likeness (QED) is 0.897. The molecule has 2 aromatic heterocycles. The average molecular weight is 340 g/mol. The van der Waals surface area contributed by atoms with Crippen LogP contribution in [0.25, 0.3) is 11.0 Å². The van der Waals surface area contributed by atoms with Gasteiger partial charge in [0, 0.05) is 35.9 Å². The van der Waals surface area contributed by atoms with Crippen LogP contribution in [0.4, 0.5) is 10.5 Å². The number of anilines is 1. The van der Waals surface area contributed by atoms with Gasteiger partial charge in [-0.05, 0) is 37.7 Å². The Hall–Kier alpha value is -2.08. The van der Waals surface area contributed by atoms with E-state index in [-0.39, 0.29) is 12.1 Å². The number of carbonyl (C=O) groups is 1. The van der Waals surface area contributed by atoms with Crippen LogP contribution in [0.3, 0.4) is 0 Å². The number of carbonyl (C=O) groups excluding carboxylic acids is 1. The lowest BCUT2D eigenvalue weighted by molar-refractivity contribution is 0.0232. The van der Waals surface area contributed by atoms with E-state index in [1.807, 2.05) is 17.2 Å². The van der Waals surface area contributed by atoms with Gasteiger partial charge in [0.25, 0.3) is 0 Å². The van der Waals surface area contributed by atoms with E-state index in [9.17, 15) is 9.90 Å². The molecule has 2 aromatic rings. The third-order valence-corrected chi connectivity index (χ3v) is 5.94. The monoisotopic (exact) mass is 340 g/mol. The molecule has 25 heavy (non-hydrogen) atoms. The number of amides is 2. The van der Waals surface area contributed by atoms with Crippen LogP contribution < -0.4 is 4.90 Å². The molecule has 132 valence electrons. The zero-order chi connectivity index (χ0) is 17.0. The fourth-order valence-electron chi connectivity index (χ4n) is 4.41. The SMILES string of the molecule is O=C1N(CC2CC2)C(O)c2cnc3[nH]ccc3c2N1C1CCCCC1. The first-order valence-corrected chi connectivity index (χ1v) is 9.48. The smallest absolute Gasteiger partial charge is 0.327 e. The van der Waals surface area contributed by atoms with Gasteiger partial charge >= 0.3 is 6.03 Å². The lowest BCUT2D eigenvalue weighted by Gasteiger charge is -2.44. The Morgan fingerprint density at radius 2 is 2.00 bits per heavy atom. The number of hydrogen-bond acceptors (Lipinski definition) is 3. The summed E-state index contributed by atoms with van der Waals surface area (Å²) >= 11 is 0. The van der Waals surface area contributed by atoms with Gasteiger partial charge in [-0.1, -0.05) is 19.3 Å². The van der Waals surface area contributed by atoms with Gasteiger partial charge in [0.1, 0.15) is 5.65 Å². The molecule has 2 amide bonds. The first kappa shape index (κ1) is 15.2. The topological polar surface area (TPSA) is 72.5 Å². The Kier molecular flexibility index (Phi) is 3.48. The highest BCUT2D eigenvalue weighted by Gasteiger charge is 2.43. The predicted octanol–water partition coefficient (Wildman–Crippen LogP) is 3.54. The summed E-state index contributed by atoms with van der Waals surface area (Å²) in [5.41, 5.74) is 2.40. The third kappa shape index (κ3) is 2.42. The molecule has 1 unspecified atom stereocenters. The Morgan fingerprint density at radius 1 is 1.20 bits per heavy atom. The second-order valence-electron chi connectivity index (χ2n) is 7.72. The number of urea groups is 1. The standard InChI is InChI=1S/C19H24N4O2/c24-18-15-10-21-17-14(8-9-20-17)16(15)23(13-4-2-1-3-5-13)19(25)22(18)11-12-6-7-12/h8-10,12-13,18,24H,1-7,11H2,(H,20,21). The van der Waals surface area contributed by atoms with Crippen molar-refractivity contribution in [2.75, 3.05) is 11.4 Å². The molecule has 2 aliphatic carbocycles. The number of hydrogen-bond donors (Lipinski definition) is 2. The van der Waals surface area contributed by atoms with Crippen LogP contribution in [0.5, 0.6) is 0 Å². The number of pyridine rings is 1. The molecular weight excluding hydrogens is 316 g/mol. The number of aromatic amines is 1. The molecule has 0 saturated heterocycles. The van der Waals surface area contributed by atoms with Crippen molar-refractivity contribution in [3.05, 3.63) is 24.0 Å². The maximum atomic E-state index is 13.4. The predicted molar refractivity (Wildman–Crippen MR) is 95.2 cm³/mol. The van der Waals surface area contributed by atoms with Crippen molar-refractivity contribution in [2.24, 2.45) is 5.92 Å². The molecule has 0 radical (unpaired) electrons. The van der Waals surface area contributed by atoms with Gasteiger partial charge in [-0.3, -0.25) is 9.80 Å². The van der Waals surface area contributed by atoms with Crippen LogP contribution in [0.15, 0.2) is 18.5 Å². The van der Waals surface area contributed by atoms with Gasteiger partial charge in [0.05, 0.1) is 5.69 Å². The zero-order valence-corrected chi connectivity index (χ0v) is 14.3. The van der Waals surface area contributed by atoms with Gasteiger partial charge in [0.2, 0.25) is 0 Å². The van der Waals surface area contributed by atoms with Gasteiger partial charge < -0.3 is 10.1 Å². The molecule has 0 aromatic carbocycles. The molecule has 6 nitrogen and oxygen atoms in total. The Bertz CT molecular complexity index is 807. The maximum absolute atomic E-state index is 13.4. The van der Waals surface area contributed by atoms with Crippen molar-refractivity contribution in [1.29, 1.82) is 0 Å². The van der Waals surface area contributed by atoms with Crippen LogP contribution in [-0.4, -0.2) is 38.6 Å². The van der Waals surface area contributed by atoms with Crippen LogP contribution >= 0.6 is 0 Å². The van der Waals surface area contributed by atoms with Gasteiger partial charge in [0.15, 0.2) is 6.23 Å². The molecule has 0 bridgehead atoms. The fraction of sp³-hybridized carbons (Fsp3) is 0.579. The molecule has 2 N–H and O–H groups in total. The number of fused-ring (bicyclic) bond motifs is 3. The van der Waals surface area contributed by atoms with E-state index in [2.05, 4.69) is 9.97 Å². The van der Waals surface area contributed by atoms with Crippen molar-refractivity contribution in [3.63, 3.8) is 0 Å². The van der Waals surface area contributed by atoms with Crippen molar-refractivity contribution >= 4 is 22.8 Å². The summed E-state index contributed by atoms with van der Waals surface area (Å²) in [4.78, 5) is 24.6. The van der Waals surface area contributed by atoms with E-state index < -0.39 is 6.23 Å². The maximum Gasteiger partial charge on any atom is 0.327 e. The summed E-state index contributed by atoms with van der Waals surface area (Å²) in [5, 5.41) is 11.8. The average Bonchev–Trinajstić information content (AvgIpc) is 3.33. The number of nitrogens with zero attached hydrogens (tertiary/aromatic N) is 3. The van der Waals surface area contributed by atoms with Gasteiger partial charge in [-0.15, -0.1) is 0 Å². The summed E-state index contributed by atoms with van der Waals surface area (Å²) in [6.07, 6.45) is 10.6. The van der Waals surface area contributed by atoms with Crippen molar-refractivity contribution in [1.82, 2.24) is 14.9 Å². The molecule has 6 heteroatoms. The highest BCUT2D eigenvalue weighted by molar-refractivity contribution is 6.05. The first-order valence-electron chi connectivity index (χ1n) is 9.48. The summed E-state index contributed by atoms with van der Waals surface area (Å²) in [7, 11) is 0. The largest absolute Gasteiger partial charge is 0.369 e. The third-order valence-electron chi connectivity index (χ3n) is 5.94. The lowest BCUT2D eigenvalue weighted by Crippen LogP contribution is -2.54. The lowest BCUT2D eigenvalue weighted by atomic mass is 9.92. The summed E-state index contributed by atoms with van der Waals surface area (Å²) < 4.78 is 0. The second-order valence-corrected chi connectivity index (χ2v) is 7.72. The zero-order valence-electron chi connectivity index (χ0n) is 14.3. The van der Waals surface area contributed by atoms with E-state index >= 15 is 0 Å². The number of rotatable bonds is 3. The molecule has 1 atom stereocenters. The number of aliphatic hydroxyl groups is 1. The Morgan fingerprint density at radius 3 is 2.76 bits per heavy atom. The molecule has 1 aliphatic heterocycles. The number of aliphatic hydroxyl groups excluding tert-OH is 1. The number of nitrogens with one attached hydrogen (secondary N) is 1. The molecule has 3 heterocycles. The van der Waals surface area contributed by atoms with Crippen molar-refractivity contribution < 1.29 is 9.90 Å². The van der Waals surface area contributed by atoms with Crippen LogP contribution in [0.1, 0.15) is 56.7 Å². The van der Waals surface area contributed by atoms with Gasteiger partial charge in [-0.2, -0.15) is 0 Å². The minimum Gasteiger partial charge on any atom is -0.369 e. The van der Waals surface area contributed by atoms with E-state index in [0.717, 1.165) is 60.8 Å². The second kappa shape index (κ2) is 5.73. The van der Waals surface area contributed by atoms with Crippen molar-refractivity contribution in [3.8, 4) is 0 Å². The highest BCUT2D eigenvalue weighted by Crippen LogP contribution is 2.44. The number of aromatic nitrogens is 2. The Labute approximate surface area is 146 Å². The normalized spacial score (nSPS) is 24.8. The molecular formula is C19H24N4O2. The molecule has 5 rings (SSSR count). The van der Waals surface area contributed by atoms with Crippen molar-refractivity contribution in [2.45, 2.75) is 57.2 Å². The number of H-pyrrole nitrogens is 1. The molecule has 0 spiro atoms. The molecule has 2 saturated carbocycles. The molecule has 3 aliphatic rings. The van der Waals surface area contributed by atoms with Crippen LogP contribution in [0.2, 0.25) is 0 Å². The minimum absolute atomic E-state index is 0.0347. The van der Waals surface area contributed by atoms with E-state index in [0.29, 0.717) is 12.5 Å². The highest BCUT2D eigenvalue weighted by atomic mass is 16.3.